The molecule has 0 radical (unpaired) electrons. The summed E-state index contributed by atoms with van der Waals surface area (Å²) in [6.45, 7) is 9.41. The van der Waals surface area contributed by atoms with Gasteiger partial charge in [0.05, 0.1) is 23.2 Å². The van der Waals surface area contributed by atoms with Crippen LogP contribution in [-0.2, 0) is 27.5 Å². The highest BCUT2D eigenvalue weighted by atomic mass is 16.7. The van der Waals surface area contributed by atoms with Gasteiger partial charge in [0.25, 0.3) is 5.69 Å². The molecular weight excluding hydrogens is 901 g/mol. The number of aliphatic hydroxyl groups is 2. The summed E-state index contributed by atoms with van der Waals surface area (Å²) in [6, 6.07) is 20.6. The Kier molecular flexibility index (Phi) is 22.0. The second-order valence-corrected chi connectivity index (χ2v) is 19.4. The van der Waals surface area contributed by atoms with Gasteiger partial charge in [-0.1, -0.05) is 126 Å². The van der Waals surface area contributed by atoms with Gasteiger partial charge in [-0.25, -0.2) is 4.79 Å². The van der Waals surface area contributed by atoms with Crippen LogP contribution in [0.1, 0.15) is 152 Å². The number of nitrogens with one attached hydrogen (secondary N) is 1. The van der Waals surface area contributed by atoms with Gasteiger partial charge in [-0.15, -0.1) is 6.58 Å². The van der Waals surface area contributed by atoms with Crippen molar-refractivity contribution in [3.63, 3.8) is 0 Å². The van der Waals surface area contributed by atoms with Crippen molar-refractivity contribution in [2.75, 3.05) is 26.4 Å². The van der Waals surface area contributed by atoms with Crippen molar-refractivity contribution < 1.29 is 43.8 Å². The van der Waals surface area contributed by atoms with Gasteiger partial charge in [0.15, 0.2) is 0 Å². The summed E-state index contributed by atoms with van der Waals surface area (Å²) in [6.07, 6.45) is 19.2. The Hall–Kier alpha value is -5.57. The second kappa shape index (κ2) is 28.5. The molecule has 6 atom stereocenters. The Morgan fingerprint density at radius 1 is 0.887 bits per heavy atom. The molecule has 14 nitrogen and oxygen atoms in total. The molecule has 0 bridgehead atoms. The molecule has 2 amide bonds. The van der Waals surface area contributed by atoms with E-state index in [0.717, 1.165) is 68.1 Å². The minimum absolute atomic E-state index is 0.00487. The summed E-state index contributed by atoms with van der Waals surface area (Å²) in [4.78, 5) is 47.4. The number of nitrogens with zero attached hydrogens (tertiary/aromatic N) is 3. The van der Waals surface area contributed by atoms with E-state index in [4.69, 9.17) is 24.2 Å². The molecule has 3 aliphatic rings. The van der Waals surface area contributed by atoms with Gasteiger partial charge in [-0.2, -0.15) is 0 Å². The first-order chi connectivity index (χ1) is 34.7. The number of allylic oxidation sites excluding steroid dienone is 1. The van der Waals surface area contributed by atoms with Gasteiger partial charge in [0.2, 0.25) is 11.7 Å². The molecule has 3 N–H and O–H groups in total. The Morgan fingerprint density at radius 2 is 1.59 bits per heavy atom. The highest BCUT2D eigenvalue weighted by Gasteiger charge is 2.65. The maximum absolute atomic E-state index is 14.9. The fourth-order valence-electron chi connectivity index (χ4n) is 10.9. The second-order valence-electron chi connectivity index (χ2n) is 19.4. The number of rotatable bonds is 31. The standard InChI is InChI=1S/C57H78N4O10/c1-4-7-8-9-10-11-12-13-17-26-53(64)60(33-5-2)52-39-50(59-69-41-43-27-29-45(30-28-43)61(66)67)48-37-44(24-18-20-34-62)47(25-19-21-35-63)54-49-38-46(70-56(65)58-40-42-22-15-14-16-23-42)31-32-51(49)71-57(52,55(48)54)68-36-6-3/h6,14-16,22-23,27-32,37-38,44,47,52,54-55,62-63H,3-5,7-13,17-21,24-26,33-36,39-41H2,1-2H3,(H,58,65)/t44-,47+,52-,54+,55+,57+/m0/s1. The van der Waals surface area contributed by atoms with E-state index >= 15 is 0 Å². The van der Waals surface area contributed by atoms with Crippen molar-refractivity contribution in [3.05, 3.63) is 124 Å². The number of fused-ring (bicyclic) bond motifs is 2. The van der Waals surface area contributed by atoms with Gasteiger partial charge in [0.1, 0.15) is 24.1 Å². The predicted molar refractivity (Wildman–Crippen MR) is 276 cm³/mol. The van der Waals surface area contributed by atoms with Crippen LogP contribution >= 0.6 is 0 Å². The lowest BCUT2D eigenvalue weighted by atomic mass is 9.55. The third-order valence-electron chi connectivity index (χ3n) is 14.3. The molecular formula is C57H78N4O10. The van der Waals surface area contributed by atoms with Gasteiger partial charge in [-0.05, 0) is 97.4 Å². The van der Waals surface area contributed by atoms with Crippen LogP contribution in [0, 0.1) is 27.9 Å². The van der Waals surface area contributed by atoms with E-state index in [0.29, 0.717) is 61.5 Å². The van der Waals surface area contributed by atoms with Gasteiger partial charge in [-0.3, -0.25) is 14.9 Å². The molecule has 0 spiro atoms. The number of oxime groups is 1. The van der Waals surface area contributed by atoms with Crippen molar-refractivity contribution in [2.45, 2.75) is 160 Å². The maximum Gasteiger partial charge on any atom is 0.412 e. The van der Waals surface area contributed by atoms with Crippen LogP contribution in [-0.4, -0.2) is 75.9 Å². The Labute approximate surface area is 421 Å². The fraction of sp³-hybridized carbons (Fsp3) is 0.561. The zero-order valence-electron chi connectivity index (χ0n) is 42.1. The molecule has 3 aromatic rings. The van der Waals surface area contributed by atoms with Crippen LogP contribution < -0.4 is 14.8 Å². The monoisotopic (exact) mass is 979 g/mol. The number of nitro benzene ring substituents is 1. The summed E-state index contributed by atoms with van der Waals surface area (Å²) in [5.74, 6) is -1.36. The molecule has 6 rings (SSSR count). The molecule has 1 fully saturated rings. The van der Waals surface area contributed by atoms with Crippen LogP contribution in [0.2, 0.25) is 0 Å². The lowest BCUT2D eigenvalue weighted by Gasteiger charge is -2.60. The number of carbonyl (C=O) groups is 2. The van der Waals surface area contributed by atoms with Crippen LogP contribution in [0.3, 0.4) is 0 Å². The molecule has 1 heterocycles. The summed E-state index contributed by atoms with van der Waals surface area (Å²) in [5, 5.41) is 39.2. The van der Waals surface area contributed by atoms with Crippen LogP contribution in [0.4, 0.5) is 10.5 Å². The molecule has 3 aromatic carbocycles. The number of carbonyl (C=O) groups excluding carboxylic acids is 2. The normalized spacial score (nSPS) is 21.5. The number of nitro groups is 1. The van der Waals surface area contributed by atoms with Crippen LogP contribution in [0.25, 0.3) is 0 Å². The first kappa shape index (κ1) is 54.8. The quantitative estimate of drug-likeness (QED) is 0.0243. The Morgan fingerprint density at radius 3 is 2.27 bits per heavy atom. The van der Waals surface area contributed by atoms with E-state index in [1.165, 1.54) is 44.2 Å². The first-order valence-corrected chi connectivity index (χ1v) is 26.4. The number of non-ortho nitro benzene ring substituents is 1. The van der Waals surface area contributed by atoms with Crippen LogP contribution in [0.5, 0.6) is 11.5 Å². The Balaban J connectivity index is 1.45. The smallest absolute Gasteiger partial charge is 0.412 e. The zero-order valence-corrected chi connectivity index (χ0v) is 42.1. The largest absolute Gasteiger partial charge is 0.459 e. The molecule has 0 saturated heterocycles. The number of hydrogen-bond acceptors (Lipinski definition) is 11. The lowest BCUT2D eigenvalue weighted by Crippen LogP contribution is -2.70. The number of aliphatic hydroxyl groups excluding tert-OH is 2. The summed E-state index contributed by atoms with van der Waals surface area (Å²) >= 11 is 0. The Bertz CT molecular complexity index is 2220. The molecule has 2 aliphatic carbocycles. The maximum atomic E-state index is 14.9. The minimum atomic E-state index is -1.42. The van der Waals surface area contributed by atoms with Crippen molar-refractivity contribution in [1.82, 2.24) is 10.2 Å². The third kappa shape index (κ3) is 14.8. The molecule has 1 saturated carbocycles. The summed E-state index contributed by atoms with van der Waals surface area (Å²) < 4.78 is 20.5. The molecule has 0 unspecified atom stereocenters. The van der Waals surface area contributed by atoms with Gasteiger partial charge >= 0.3 is 6.09 Å². The molecule has 0 aromatic heterocycles. The van der Waals surface area contributed by atoms with Crippen molar-refractivity contribution in [1.29, 1.82) is 0 Å². The highest BCUT2D eigenvalue weighted by molar-refractivity contribution is 6.03. The van der Waals surface area contributed by atoms with Crippen molar-refractivity contribution in [2.24, 2.45) is 22.9 Å². The number of unbranched alkanes of at least 4 members (excludes halogenated alkanes) is 10. The SMILES string of the molecule is C=CCO[C@@]12Oc3ccc(OC(=O)NCc4ccccc4)cc3[C@H]3[C@H](CCCCO)[C@@H](CCCCO)C=C(C(=NOCc4ccc([N+](=O)[O-])cc4)C[C@@H]1N(CCC)C(=O)CCCCCCCCCCC)[C@H]32. The summed E-state index contributed by atoms with van der Waals surface area (Å²) in [7, 11) is 0. The molecule has 71 heavy (non-hydrogen) atoms. The third-order valence-corrected chi connectivity index (χ3v) is 14.3. The van der Waals surface area contributed by atoms with Crippen molar-refractivity contribution in [3.8, 4) is 11.5 Å². The number of hydrogen-bond donors (Lipinski definition) is 3. The average molecular weight is 979 g/mol. The molecule has 14 heteroatoms. The lowest BCUT2D eigenvalue weighted by molar-refractivity contribution is -0.384. The average Bonchev–Trinajstić information content (AvgIpc) is 3.38. The van der Waals surface area contributed by atoms with E-state index in [2.05, 4.69) is 31.8 Å². The first-order valence-electron chi connectivity index (χ1n) is 26.4. The molecule has 1 aliphatic heterocycles. The highest BCUT2D eigenvalue weighted by Crippen LogP contribution is 2.62. The number of amides is 2. The van der Waals surface area contributed by atoms with Gasteiger partial charge < -0.3 is 39.5 Å². The summed E-state index contributed by atoms with van der Waals surface area (Å²) in [5.41, 5.74) is 3.99. The van der Waals surface area contributed by atoms with Gasteiger partial charge in [0, 0.05) is 62.8 Å². The predicted octanol–water partition coefficient (Wildman–Crippen LogP) is 11.9. The minimum Gasteiger partial charge on any atom is -0.459 e. The van der Waals surface area contributed by atoms with E-state index in [1.54, 1.807) is 24.3 Å². The van der Waals surface area contributed by atoms with E-state index < -0.39 is 28.8 Å². The van der Waals surface area contributed by atoms with Crippen molar-refractivity contribution >= 4 is 23.4 Å². The van der Waals surface area contributed by atoms with E-state index in [-0.39, 0.29) is 62.2 Å². The topological polar surface area (TPSA) is 182 Å². The van der Waals surface area contributed by atoms with E-state index in [1.807, 2.05) is 47.4 Å². The molecule has 386 valence electrons. The van der Waals surface area contributed by atoms with Crippen LogP contribution in [0.15, 0.2) is 102 Å². The fourth-order valence-corrected chi connectivity index (χ4v) is 10.9. The van der Waals surface area contributed by atoms with E-state index in [9.17, 15) is 29.9 Å². The number of benzene rings is 3. The number of ether oxygens (including phenoxy) is 3. The zero-order chi connectivity index (χ0) is 50.4.